The lowest BCUT2D eigenvalue weighted by Crippen LogP contribution is -2.27. The molecule has 0 amide bonds. The number of phenolic OH excluding ortho intramolecular Hbond substituents is 1. The monoisotopic (exact) mass is 460 g/mol. The number of ether oxygens (including phenoxy) is 1. The summed E-state index contributed by atoms with van der Waals surface area (Å²) in [5, 5.41) is 30.2. The van der Waals surface area contributed by atoms with Gasteiger partial charge in [0, 0.05) is 35.2 Å². The van der Waals surface area contributed by atoms with Crippen LogP contribution in [0.15, 0.2) is 47.7 Å². The summed E-state index contributed by atoms with van der Waals surface area (Å²) in [6.45, 7) is 3.88. The lowest BCUT2D eigenvalue weighted by Gasteiger charge is -2.33. The second-order valence-corrected chi connectivity index (χ2v) is 8.67. The molecule has 0 saturated carbocycles. The van der Waals surface area contributed by atoms with E-state index in [2.05, 4.69) is 5.32 Å². The third-order valence-corrected chi connectivity index (χ3v) is 6.52. The molecule has 2 aliphatic rings. The Morgan fingerprint density at radius 1 is 1.21 bits per heavy atom. The minimum atomic E-state index is -0.649. The molecule has 9 nitrogen and oxygen atoms in total. The summed E-state index contributed by atoms with van der Waals surface area (Å²) in [6.07, 6.45) is 1.82. The lowest BCUT2D eigenvalue weighted by atomic mass is 9.76. The van der Waals surface area contributed by atoms with Crippen LogP contribution < -0.4 is 10.1 Å². The first-order valence-corrected chi connectivity index (χ1v) is 11.0. The fourth-order valence-electron chi connectivity index (χ4n) is 4.90. The van der Waals surface area contributed by atoms with E-state index in [-0.39, 0.29) is 11.5 Å². The molecule has 3 aromatic rings. The average Bonchev–Trinajstić information content (AvgIpc) is 3.14. The molecular formula is C25H24N4O5. The van der Waals surface area contributed by atoms with Crippen LogP contribution in [0.5, 0.6) is 11.5 Å². The van der Waals surface area contributed by atoms with Crippen LogP contribution in [0.2, 0.25) is 0 Å². The molecule has 1 aliphatic heterocycles. The number of aromatic nitrogens is 2. The van der Waals surface area contributed by atoms with Gasteiger partial charge in [-0.05, 0) is 50.5 Å². The number of carbonyl (C=O) groups excluding carboxylic acids is 1. The van der Waals surface area contributed by atoms with Crippen molar-refractivity contribution in [3.63, 3.8) is 0 Å². The molecule has 9 heteroatoms. The van der Waals surface area contributed by atoms with Crippen LogP contribution in [-0.2, 0) is 4.79 Å². The highest BCUT2D eigenvalue weighted by molar-refractivity contribution is 6.01. The number of hydrogen-bond donors (Lipinski definition) is 2. The van der Waals surface area contributed by atoms with Crippen LogP contribution >= 0.6 is 0 Å². The summed E-state index contributed by atoms with van der Waals surface area (Å²) in [7, 11) is 1.34. The van der Waals surface area contributed by atoms with Crippen LogP contribution in [0, 0.1) is 24.0 Å². The minimum Gasteiger partial charge on any atom is -0.500 e. The van der Waals surface area contributed by atoms with Crippen LogP contribution in [0.3, 0.4) is 0 Å². The van der Waals surface area contributed by atoms with Gasteiger partial charge in [0.1, 0.15) is 5.82 Å². The number of hydrogen-bond acceptors (Lipinski definition) is 7. The van der Waals surface area contributed by atoms with Crippen molar-refractivity contribution >= 4 is 17.3 Å². The maximum atomic E-state index is 13.1. The summed E-state index contributed by atoms with van der Waals surface area (Å²) < 4.78 is 7.05. The first-order valence-electron chi connectivity index (χ1n) is 11.0. The highest BCUT2D eigenvalue weighted by atomic mass is 16.6. The minimum absolute atomic E-state index is 0.00146. The van der Waals surface area contributed by atoms with E-state index < -0.39 is 22.3 Å². The van der Waals surface area contributed by atoms with E-state index >= 15 is 0 Å². The van der Waals surface area contributed by atoms with E-state index in [4.69, 9.17) is 9.84 Å². The van der Waals surface area contributed by atoms with Crippen LogP contribution in [0.4, 0.5) is 11.5 Å². The molecule has 0 bridgehead atoms. The lowest BCUT2D eigenvalue weighted by molar-refractivity contribution is -0.386. The molecule has 5 rings (SSSR count). The van der Waals surface area contributed by atoms with Gasteiger partial charge in [-0.2, -0.15) is 5.10 Å². The van der Waals surface area contributed by atoms with Gasteiger partial charge in [0.2, 0.25) is 5.75 Å². The maximum absolute atomic E-state index is 13.1. The number of rotatable bonds is 4. The summed E-state index contributed by atoms with van der Waals surface area (Å²) >= 11 is 0. The van der Waals surface area contributed by atoms with E-state index in [1.807, 2.05) is 42.8 Å². The number of nitrogens with zero attached hydrogens (tertiary/aromatic N) is 3. The van der Waals surface area contributed by atoms with E-state index in [0.29, 0.717) is 29.7 Å². The Kier molecular flexibility index (Phi) is 5.11. The van der Waals surface area contributed by atoms with E-state index in [1.54, 1.807) is 6.07 Å². The topological polar surface area (TPSA) is 120 Å². The van der Waals surface area contributed by atoms with Crippen molar-refractivity contribution in [2.24, 2.45) is 0 Å². The fraction of sp³-hybridized carbons (Fsp3) is 0.280. The van der Waals surface area contributed by atoms with Gasteiger partial charge in [0.05, 0.1) is 23.4 Å². The molecule has 1 atom stereocenters. The Labute approximate surface area is 195 Å². The van der Waals surface area contributed by atoms with Gasteiger partial charge in [-0.25, -0.2) is 4.68 Å². The van der Waals surface area contributed by atoms with Crippen molar-refractivity contribution in [1.82, 2.24) is 9.78 Å². The zero-order valence-corrected chi connectivity index (χ0v) is 19.1. The van der Waals surface area contributed by atoms with Gasteiger partial charge >= 0.3 is 5.69 Å². The van der Waals surface area contributed by atoms with Crippen LogP contribution in [0.1, 0.15) is 47.6 Å². The molecule has 0 radical (unpaired) electrons. The summed E-state index contributed by atoms with van der Waals surface area (Å²) in [5.41, 5.74) is 4.88. The number of phenols is 1. The Morgan fingerprint density at radius 2 is 1.94 bits per heavy atom. The number of benzene rings is 2. The van der Waals surface area contributed by atoms with E-state index in [9.17, 15) is 20.0 Å². The van der Waals surface area contributed by atoms with E-state index in [0.717, 1.165) is 34.8 Å². The molecule has 174 valence electrons. The number of allylic oxidation sites excluding steroid dienone is 2. The molecule has 2 N–H and O–H groups in total. The molecule has 1 unspecified atom stereocenters. The fourth-order valence-corrected chi connectivity index (χ4v) is 4.90. The smallest absolute Gasteiger partial charge is 0.314 e. The third kappa shape index (κ3) is 3.32. The second kappa shape index (κ2) is 8.02. The van der Waals surface area contributed by atoms with Gasteiger partial charge < -0.3 is 15.2 Å². The predicted molar refractivity (Wildman–Crippen MR) is 126 cm³/mol. The highest BCUT2D eigenvalue weighted by Crippen LogP contribution is 2.50. The van der Waals surface area contributed by atoms with Crippen molar-refractivity contribution in [2.45, 2.75) is 39.0 Å². The van der Waals surface area contributed by atoms with E-state index in [1.165, 1.54) is 13.2 Å². The molecule has 1 aliphatic carbocycles. The van der Waals surface area contributed by atoms with Crippen molar-refractivity contribution in [2.75, 3.05) is 12.4 Å². The standard InChI is InChI=1S/C25H24N4O5/c1-13-7-9-16(10-8-13)28-25-21(14(2)27-28)22(23-17(26-25)5-4-6-19(23)30)15-11-18(29(32)33)24(31)20(12-15)34-3/h7-12,22,26,31H,4-6H2,1-3H3. The van der Waals surface area contributed by atoms with Crippen LogP contribution in [0.25, 0.3) is 5.69 Å². The Morgan fingerprint density at radius 3 is 2.62 bits per heavy atom. The molecule has 0 spiro atoms. The van der Waals surface area contributed by atoms with Gasteiger partial charge in [-0.3, -0.25) is 14.9 Å². The summed E-state index contributed by atoms with van der Waals surface area (Å²) in [6, 6.07) is 10.8. The molecule has 2 aromatic carbocycles. The number of aromatic hydroxyl groups is 1. The van der Waals surface area contributed by atoms with Gasteiger partial charge in [0.25, 0.3) is 0 Å². The first-order chi connectivity index (χ1) is 16.3. The second-order valence-electron chi connectivity index (χ2n) is 8.67. The third-order valence-electron chi connectivity index (χ3n) is 6.52. The first kappa shape index (κ1) is 21.7. The number of ketones is 1. The molecule has 2 heterocycles. The average molecular weight is 460 g/mol. The number of Topliss-reactive ketones (excluding diaryl/α,β-unsaturated/α-hetero) is 1. The maximum Gasteiger partial charge on any atom is 0.314 e. The normalized spacial score (nSPS) is 17.1. The summed E-state index contributed by atoms with van der Waals surface area (Å²) in [4.78, 5) is 24.2. The van der Waals surface area contributed by atoms with Crippen LogP contribution in [-0.4, -0.2) is 32.7 Å². The number of anilines is 1. The van der Waals surface area contributed by atoms with Gasteiger partial charge in [-0.1, -0.05) is 17.7 Å². The zero-order valence-electron chi connectivity index (χ0n) is 19.1. The van der Waals surface area contributed by atoms with Crippen molar-refractivity contribution < 1.29 is 19.6 Å². The SMILES string of the molecule is COc1cc(C2C3=C(CCCC3=O)Nc3c2c(C)nn3-c2ccc(C)cc2)cc([N+](=O)[O-])c1O. The number of fused-ring (bicyclic) bond motifs is 1. The molecule has 0 saturated heterocycles. The quantitative estimate of drug-likeness (QED) is 0.429. The molecule has 1 aromatic heterocycles. The number of aryl methyl sites for hydroxylation is 2. The molecule has 34 heavy (non-hydrogen) atoms. The zero-order chi connectivity index (χ0) is 24.1. The predicted octanol–water partition coefficient (Wildman–Crippen LogP) is 4.68. The largest absolute Gasteiger partial charge is 0.500 e. The van der Waals surface area contributed by atoms with Crippen molar-refractivity contribution in [1.29, 1.82) is 0 Å². The Bertz CT molecular complexity index is 1370. The molecule has 0 fully saturated rings. The number of carbonyl (C=O) groups is 1. The highest BCUT2D eigenvalue weighted by Gasteiger charge is 2.40. The van der Waals surface area contributed by atoms with Crippen molar-refractivity contribution in [3.05, 3.63) is 80.2 Å². The number of nitrogens with one attached hydrogen (secondary N) is 1. The number of nitro benzene ring substituents is 1. The summed E-state index contributed by atoms with van der Waals surface area (Å²) in [5.74, 6) is -0.401. The molecular weight excluding hydrogens is 436 g/mol. The Balaban J connectivity index is 1.78. The van der Waals surface area contributed by atoms with Gasteiger partial charge in [-0.15, -0.1) is 0 Å². The van der Waals surface area contributed by atoms with Crippen molar-refractivity contribution in [3.8, 4) is 17.2 Å². The van der Waals surface area contributed by atoms with Gasteiger partial charge in [0.15, 0.2) is 11.5 Å². The number of methoxy groups -OCH3 is 1. The Hall–Kier alpha value is -4.14. The number of nitro groups is 1.